The molecule has 0 unspecified atom stereocenters. The van der Waals surface area contributed by atoms with Crippen LogP contribution in [0.3, 0.4) is 0 Å². The summed E-state index contributed by atoms with van der Waals surface area (Å²) in [5, 5.41) is 0.204. The van der Waals surface area contributed by atoms with Gasteiger partial charge in [0.2, 0.25) is 0 Å². The fourth-order valence-electron chi connectivity index (χ4n) is 1.76. The molecule has 0 spiro atoms. The van der Waals surface area contributed by atoms with Crippen molar-refractivity contribution in [3.63, 3.8) is 0 Å². The standard InChI is InChI=1S/C11H16N2O3Si.HI.H4O4Si/c1-12-6-7-13(9-12)8-10-2-4-11(5-3-10)17(14,15)16;;1-5(2,3)4/h2-7,14-16H,8-9H2,1H3;1H;1-4H/p-1. The molecule has 12 heteroatoms. The van der Waals surface area contributed by atoms with E-state index in [1.165, 1.54) is 0 Å². The van der Waals surface area contributed by atoms with Crippen LogP contribution in [0.25, 0.3) is 0 Å². The zero-order valence-electron chi connectivity index (χ0n) is 12.3. The van der Waals surface area contributed by atoms with Gasteiger partial charge in [-0.1, -0.05) is 24.3 Å². The van der Waals surface area contributed by atoms with Crippen molar-refractivity contribution in [2.45, 2.75) is 6.54 Å². The third kappa shape index (κ3) is 10.0. The first-order valence-electron chi connectivity index (χ1n) is 6.24. The average molecular weight is 475 g/mol. The van der Waals surface area contributed by atoms with Crippen LogP contribution in [-0.2, 0) is 6.54 Å². The SMILES string of the molecule is CN1C=CN(Cc2ccc([Si](O)(O)O)cc2)C1.O[Si](O)(O)O.[I-]. The number of hydrogen-bond donors (Lipinski definition) is 7. The summed E-state index contributed by atoms with van der Waals surface area (Å²) in [6.45, 7) is 1.61. The van der Waals surface area contributed by atoms with Gasteiger partial charge in [-0.25, -0.2) is 0 Å². The highest BCUT2D eigenvalue weighted by Crippen LogP contribution is 2.09. The Morgan fingerprint density at radius 1 is 0.913 bits per heavy atom. The van der Waals surface area contributed by atoms with E-state index in [0.717, 1.165) is 18.8 Å². The second-order valence-electron chi connectivity index (χ2n) is 4.88. The van der Waals surface area contributed by atoms with Gasteiger partial charge in [-0.05, 0) is 5.56 Å². The lowest BCUT2D eigenvalue weighted by Gasteiger charge is -2.18. The van der Waals surface area contributed by atoms with E-state index in [1.54, 1.807) is 24.3 Å². The normalized spacial score (nSPS) is 14.3. The fraction of sp³-hybridized carbons (Fsp3) is 0.273. The molecule has 0 saturated carbocycles. The van der Waals surface area contributed by atoms with Gasteiger partial charge in [-0.15, -0.1) is 0 Å². The molecule has 0 aromatic heterocycles. The molecular weight excluding hydrogens is 455 g/mol. The van der Waals surface area contributed by atoms with Crippen LogP contribution < -0.4 is 29.2 Å². The smallest absolute Gasteiger partial charge is 0.668 e. The van der Waals surface area contributed by atoms with Gasteiger partial charge in [0.25, 0.3) is 0 Å². The second kappa shape index (κ2) is 9.06. The molecule has 1 aromatic carbocycles. The Hall–Kier alpha value is -0.556. The summed E-state index contributed by atoms with van der Waals surface area (Å²) >= 11 is 0. The molecule has 132 valence electrons. The summed E-state index contributed by atoms with van der Waals surface area (Å²) < 4.78 is 0. The van der Waals surface area contributed by atoms with Crippen molar-refractivity contribution >= 4 is 23.0 Å². The van der Waals surface area contributed by atoms with Crippen LogP contribution in [0.1, 0.15) is 5.56 Å². The summed E-state index contributed by atoms with van der Waals surface area (Å²) in [6, 6.07) is 6.72. The summed E-state index contributed by atoms with van der Waals surface area (Å²) in [5.41, 5.74) is 1.06. The van der Waals surface area contributed by atoms with E-state index in [4.69, 9.17) is 33.6 Å². The van der Waals surface area contributed by atoms with E-state index in [-0.39, 0.29) is 29.2 Å². The summed E-state index contributed by atoms with van der Waals surface area (Å²) in [4.78, 5) is 60.9. The Bertz CT molecular complexity index is 499. The van der Waals surface area contributed by atoms with Gasteiger partial charge in [0.15, 0.2) is 0 Å². The molecule has 1 aliphatic heterocycles. The zero-order chi connectivity index (χ0) is 17.0. The Morgan fingerprint density at radius 3 is 1.74 bits per heavy atom. The van der Waals surface area contributed by atoms with Crippen molar-refractivity contribution in [3.05, 3.63) is 42.2 Å². The molecule has 1 heterocycles. The van der Waals surface area contributed by atoms with Gasteiger partial charge >= 0.3 is 17.9 Å². The molecule has 9 nitrogen and oxygen atoms in total. The number of nitrogens with zero attached hydrogens (tertiary/aromatic N) is 2. The summed E-state index contributed by atoms with van der Waals surface area (Å²) in [6.07, 6.45) is 4.01. The van der Waals surface area contributed by atoms with E-state index in [1.807, 2.05) is 19.4 Å². The highest BCUT2D eigenvalue weighted by Gasteiger charge is 2.29. The van der Waals surface area contributed by atoms with Gasteiger partial charge in [0, 0.05) is 31.2 Å². The first-order valence-corrected chi connectivity index (χ1v) is 9.87. The van der Waals surface area contributed by atoms with Crippen LogP contribution in [0.5, 0.6) is 0 Å². The molecule has 0 atom stereocenters. The van der Waals surface area contributed by atoms with Crippen LogP contribution in [-0.4, -0.2) is 74.9 Å². The lowest BCUT2D eigenvalue weighted by atomic mass is 10.2. The Balaban J connectivity index is 0.000000709. The third-order valence-electron chi connectivity index (χ3n) is 2.66. The molecule has 7 N–H and O–H groups in total. The predicted octanol–water partition coefficient (Wildman–Crippen LogP) is -6.62. The molecule has 23 heavy (non-hydrogen) atoms. The average Bonchev–Trinajstić information content (AvgIpc) is 2.72. The van der Waals surface area contributed by atoms with Crippen molar-refractivity contribution in [2.75, 3.05) is 13.7 Å². The molecule has 0 fully saturated rings. The minimum Gasteiger partial charge on any atom is -1.00 e. The van der Waals surface area contributed by atoms with Crippen molar-refractivity contribution < 1.29 is 57.5 Å². The van der Waals surface area contributed by atoms with Gasteiger partial charge in [-0.3, -0.25) is 0 Å². The Kier molecular flexibility index (Phi) is 8.85. The number of benzene rings is 1. The summed E-state index contributed by atoms with van der Waals surface area (Å²) in [5.74, 6) is 0. The largest absolute Gasteiger partial charge is 1.00 e. The summed E-state index contributed by atoms with van der Waals surface area (Å²) in [7, 11) is -6.76. The van der Waals surface area contributed by atoms with Crippen LogP contribution >= 0.6 is 0 Å². The number of hydrogen-bond acceptors (Lipinski definition) is 9. The maximum atomic E-state index is 9.12. The van der Waals surface area contributed by atoms with Gasteiger partial charge in [0.1, 0.15) is 0 Å². The predicted molar refractivity (Wildman–Crippen MR) is 80.4 cm³/mol. The number of halogens is 1. The minimum absolute atomic E-state index is 0. The highest BCUT2D eigenvalue weighted by atomic mass is 127. The van der Waals surface area contributed by atoms with Crippen LogP contribution in [0, 0.1) is 0 Å². The molecule has 0 amide bonds. The van der Waals surface area contributed by atoms with Crippen LogP contribution in [0.2, 0.25) is 0 Å². The lowest BCUT2D eigenvalue weighted by Crippen LogP contribution is -3.00. The number of rotatable bonds is 3. The molecule has 1 aliphatic rings. The quantitative estimate of drug-likeness (QED) is 0.167. The lowest BCUT2D eigenvalue weighted by molar-refractivity contribution is -0.0000310. The first-order chi connectivity index (χ1) is 9.95. The van der Waals surface area contributed by atoms with Crippen LogP contribution in [0.15, 0.2) is 36.7 Å². The highest BCUT2D eigenvalue weighted by molar-refractivity contribution is 6.71. The Labute approximate surface area is 152 Å². The molecular formula is C11H20IN2O7Si2-. The van der Waals surface area contributed by atoms with Crippen molar-refractivity contribution in [1.29, 1.82) is 0 Å². The first kappa shape index (κ1) is 22.4. The van der Waals surface area contributed by atoms with E-state index in [9.17, 15) is 0 Å². The van der Waals surface area contributed by atoms with Gasteiger partial charge in [0.05, 0.1) is 6.67 Å². The molecule has 0 bridgehead atoms. The molecule has 2 rings (SSSR count). The third-order valence-corrected chi connectivity index (χ3v) is 3.77. The van der Waals surface area contributed by atoms with Gasteiger partial charge < -0.3 is 67.3 Å². The van der Waals surface area contributed by atoms with Crippen molar-refractivity contribution in [2.24, 2.45) is 0 Å². The van der Waals surface area contributed by atoms with Crippen molar-refractivity contribution in [1.82, 2.24) is 9.80 Å². The van der Waals surface area contributed by atoms with E-state index in [2.05, 4.69) is 9.80 Å². The molecule has 0 saturated heterocycles. The topological polar surface area (TPSA) is 148 Å². The maximum Gasteiger partial charge on any atom is 0.668 e. The van der Waals surface area contributed by atoms with E-state index in [0.29, 0.717) is 0 Å². The molecule has 1 aromatic rings. The maximum absolute atomic E-state index is 9.12. The van der Waals surface area contributed by atoms with E-state index >= 15 is 0 Å². The fourth-order valence-corrected chi connectivity index (χ4v) is 2.37. The Morgan fingerprint density at radius 2 is 1.39 bits per heavy atom. The minimum atomic E-state index is -4.61. The van der Waals surface area contributed by atoms with E-state index < -0.39 is 17.9 Å². The van der Waals surface area contributed by atoms with Gasteiger partial charge in [-0.2, -0.15) is 0 Å². The molecule has 0 aliphatic carbocycles. The molecule has 0 radical (unpaired) electrons. The van der Waals surface area contributed by atoms with Crippen LogP contribution in [0.4, 0.5) is 0 Å². The second-order valence-corrected chi connectivity index (χ2v) is 7.92. The van der Waals surface area contributed by atoms with Crippen molar-refractivity contribution in [3.8, 4) is 0 Å². The monoisotopic (exact) mass is 475 g/mol. The zero-order valence-corrected chi connectivity index (χ0v) is 16.4.